The summed E-state index contributed by atoms with van der Waals surface area (Å²) < 4.78 is 0. The van der Waals surface area contributed by atoms with E-state index in [1.165, 1.54) is 112 Å². The van der Waals surface area contributed by atoms with Crippen molar-refractivity contribution in [2.45, 2.75) is 45.4 Å². The van der Waals surface area contributed by atoms with E-state index in [4.69, 9.17) is 0 Å². The number of rotatable bonds is 2. The molecule has 0 saturated heterocycles. The van der Waals surface area contributed by atoms with Gasteiger partial charge in [0.25, 0.3) is 6.71 Å². The van der Waals surface area contributed by atoms with Gasteiger partial charge in [0.1, 0.15) is 0 Å². The Morgan fingerprint density at radius 2 is 0.948 bits per heavy atom. The minimum absolute atomic E-state index is 0.0820. The summed E-state index contributed by atoms with van der Waals surface area (Å²) in [6, 6.07) is 64.9. The number of fused-ring (bicyclic) bond motifs is 14. The van der Waals surface area contributed by atoms with E-state index in [9.17, 15) is 0 Å². The van der Waals surface area contributed by atoms with Gasteiger partial charge < -0.3 is 9.80 Å². The van der Waals surface area contributed by atoms with Gasteiger partial charge in [-0.15, -0.1) is 0 Å². The Hall–Kier alpha value is -6.58. The highest BCUT2D eigenvalue weighted by Gasteiger charge is 2.52. The minimum atomic E-state index is -0.371. The molecule has 12 rings (SSSR count). The quantitative estimate of drug-likeness (QED) is 0.163. The van der Waals surface area contributed by atoms with Crippen molar-refractivity contribution in [2.24, 2.45) is 0 Å². The van der Waals surface area contributed by atoms with Crippen LogP contribution in [0.25, 0.3) is 22.3 Å². The smallest absolute Gasteiger partial charge is 0.252 e. The van der Waals surface area contributed by atoms with Gasteiger partial charge in [0.15, 0.2) is 0 Å². The fourth-order valence-electron chi connectivity index (χ4n) is 11.0. The first-order valence-corrected chi connectivity index (χ1v) is 20.7. The van der Waals surface area contributed by atoms with E-state index in [0.717, 1.165) is 0 Å². The van der Waals surface area contributed by atoms with Crippen LogP contribution in [-0.4, -0.2) is 6.71 Å². The van der Waals surface area contributed by atoms with Crippen LogP contribution in [0, 0.1) is 13.8 Å². The SMILES string of the molecule is Cc1cccc(N2c3cc(C)ccc3B3c4ccccc4N(c4ccc5c(c4)-c4ccccc4C54c5ccccc5-c5ccccc54)c4cc(C(C)(C)C)cc2c43)c1. The molecule has 2 aliphatic heterocycles. The maximum absolute atomic E-state index is 2.58. The Kier molecular flexibility index (Phi) is 6.79. The number of aryl methyl sites for hydroxylation is 2. The molecule has 8 aromatic rings. The van der Waals surface area contributed by atoms with Crippen LogP contribution in [0.15, 0.2) is 170 Å². The molecule has 0 saturated carbocycles. The van der Waals surface area contributed by atoms with Crippen LogP contribution >= 0.6 is 0 Å². The van der Waals surface area contributed by atoms with Crippen LogP contribution in [-0.2, 0) is 10.8 Å². The topological polar surface area (TPSA) is 6.48 Å². The molecular formula is C55H43BN2. The Bertz CT molecular complexity index is 3010. The molecule has 2 heterocycles. The highest BCUT2D eigenvalue weighted by molar-refractivity contribution is 7.00. The van der Waals surface area contributed by atoms with Crippen molar-refractivity contribution < 1.29 is 0 Å². The highest BCUT2D eigenvalue weighted by Crippen LogP contribution is 2.63. The summed E-state index contributed by atoms with van der Waals surface area (Å²) in [4.78, 5) is 5.13. The predicted molar refractivity (Wildman–Crippen MR) is 245 cm³/mol. The van der Waals surface area contributed by atoms with Crippen molar-refractivity contribution in [1.29, 1.82) is 0 Å². The van der Waals surface area contributed by atoms with Crippen LogP contribution in [0.2, 0.25) is 0 Å². The molecule has 276 valence electrons. The summed E-state index contributed by atoms with van der Waals surface area (Å²) in [7, 11) is 0. The van der Waals surface area contributed by atoms with Crippen molar-refractivity contribution >= 4 is 57.2 Å². The third-order valence-electron chi connectivity index (χ3n) is 13.5. The second-order valence-electron chi connectivity index (χ2n) is 17.9. The van der Waals surface area contributed by atoms with Gasteiger partial charge >= 0.3 is 0 Å². The second-order valence-corrected chi connectivity index (χ2v) is 17.9. The maximum Gasteiger partial charge on any atom is 0.252 e. The monoisotopic (exact) mass is 742 g/mol. The van der Waals surface area contributed by atoms with Crippen LogP contribution in [0.3, 0.4) is 0 Å². The molecule has 0 radical (unpaired) electrons. The summed E-state index contributed by atoms with van der Waals surface area (Å²) in [6.07, 6.45) is 0. The van der Waals surface area contributed by atoms with E-state index in [2.05, 4.69) is 214 Å². The van der Waals surface area contributed by atoms with Crippen molar-refractivity contribution in [3.8, 4) is 22.3 Å². The van der Waals surface area contributed by atoms with E-state index in [1.807, 2.05) is 0 Å². The zero-order valence-electron chi connectivity index (χ0n) is 33.6. The molecule has 4 aliphatic rings. The first-order chi connectivity index (χ1) is 28.2. The van der Waals surface area contributed by atoms with E-state index >= 15 is 0 Å². The molecule has 2 aliphatic carbocycles. The lowest BCUT2D eigenvalue weighted by atomic mass is 9.33. The molecule has 58 heavy (non-hydrogen) atoms. The molecule has 2 nitrogen and oxygen atoms in total. The molecule has 0 bridgehead atoms. The van der Waals surface area contributed by atoms with Gasteiger partial charge in [-0.3, -0.25) is 0 Å². The summed E-state index contributed by atoms with van der Waals surface area (Å²) in [6.45, 7) is 11.6. The summed E-state index contributed by atoms with van der Waals surface area (Å²) in [5.74, 6) is 0. The fraction of sp³-hybridized carbons (Fsp3) is 0.127. The minimum Gasteiger partial charge on any atom is -0.311 e. The largest absolute Gasteiger partial charge is 0.311 e. The van der Waals surface area contributed by atoms with Crippen LogP contribution in [0.5, 0.6) is 0 Å². The Labute approximate surface area is 342 Å². The summed E-state index contributed by atoms with van der Waals surface area (Å²) >= 11 is 0. The molecule has 0 fully saturated rings. The molecule has 0 aromatic heterocycles. The van der Waals surface area contributed by atoms with Gasteiger partial charge in [-0.05, 0) is 145 Å². The van der Waals surface area contributed by atoms with E-state index in [-0.39, 0.29) is 17.5 Å². The lowest BCUT2D eigenvalue weighted by molar-refractivity contribution is 0.590. The lowest BCUT2D eigenvalue weighted by Crippen LogP contribution is -2.61. The number of hydrogen-bond donors (Lipinski definition) is 0. The average Bonchev–Trinajstić information content (AvgIpc) is 3.70. The van der Waals surface area contributed by atoms with Gasteiger partial charge in [0.2, 0.25) is 0 Å². The molecular weight excluding hydrogens is 699 g/mol. The van der Waals surface area contributed by atoms with Crippen molar-refractivity contribution in [3.63, 3.8) is 0 Å². The first kappa shape index (κ1) is 33.6. The highest BCUT2D eigenvalue weighted by atomic mass is 15.2. The zero-order valence-corrected chi connectivity index (χ0v) is 33.6. The molecule has 1 spiro atoms. The molecule has 0 unspecified atom stereocenters. The van der Waals surface area contributed by atoms with E-state index in [0.29, 0.717) is 0 Å². The molecule has 3 heteroatoms. The first-order valence-electron chi connectivity index (χ1n) is 20.7. The Morgan fingerprint density at radius 3 is 1.60 bits per heavy atom. The van der Waals surface area contributed by atoms with E-state index in [1.54, 1.807) is 0 Å². The zero-order chi connectivity index (χ0) is 39.1. The third kappa shape index (κ3) is 4.34. The Balaban J connectivity index is 1.15. The number of nitrogens with zero attached hydrogens (tertiary/aromatic N) is 2. The number of para-hydroxylation sites is 1. The number of anilines is 6. The Morgan fingerprint density at radius 1 is 0.414 bits per heavy atom. The predicted octanol–water partition coefficient (Wildman–Crippen LogP) is 12.0. The summed E-state index contributed by atoms with van der Waals surface area (Å²) in [5.41, 5.74) is 25.6. The molecule has 0 atom stereocenters. The molecule has 8 aromatic carbocycles. The molecule has 0 N–H and O–H groups in total. The normalized spacial score (nSPS) is 14.7. The number of benzene rings is 8. The summed E-state index contributed by atoms with van der Waals surface area (Å²) in [5, 5.41) is 0. The van der Waals surface area contributed by atoms with Crippen molar-refractivity contribution in [2.75, 3.05) is 9.80 Å². The fourth-order valence-corrected chi connectivity index (χ4v) is 11.0. The second kappa shape index (κ2) is 11.7. The lowest BCUT2D eigenvalue weighted by Gasteiger charge is -2.45. The number of hydrogen-bond acceptors (Lipinski definition) is 2. The van der Waals surface area contributed by atoms with Crippen LogP contribution < -0.4 is 26.2 Å². The third-order valence-corrected chi connectivity index (χ3v) is 13.5. The average molecular weight is 743 g/mol. The van der Waals surface area contributed by atoms with Gasteiger partial charge in [-0.2, -0.15) is 0 Å². The van der Waals surface area contributed by atoms with Gasteiger partial charge in [0, 0.05) is 34.1 Å². The van der Waals surface area contributed by atoms with Crippen molar-refractivity contribution in [1.82, 2.24) is 0 Å². The van der Waals surface area contributed by atoms with Gasteiger partial charge in [-0.1, -0.05) is 142 Å². The van der Waals surface area contributed by atoms with E-state index < -0.39 is 0 Å². The maximum atomic E-state index is 2.58. The standard InChI is InChI=1S/C55H43BN2/c1-34-15-14-16-37(29-34)58-50-30-35(2)25-28-48(50)56-47-23-12-13-24-49(47)57(51-31-36(54(3,4)5)32-52(58)53(51)56)38-26-27-46-42(33-38)41-19-8-11-22-45(41)55(46)43-20-9-6-17-39(43)40-18-7-10-21-44(40)55/h6-33H,1-5H3. The van der Waals surface area contributed by atoms with Crippen LogP contribution in [0.1, 0.15) is 59.7 Å². The van der Waals surface area contributed by atoms with Gasteiger partial charge in [-0.25, -0.2) is 0 Å². The molecule has 0 amide bonds. The van der Waals surface area contributed by atoms with Gasteiger partial charge in [0.05, 0.1) is 5.41 Å². The van der Waals surface area contributed by atoms with Crippen molar-refractivity contribution in [3.05, 3.63) is 209 Å². The van der Waals surface area contributed by atoms with Crippen LogP contribution in [0.4, 0.5) is 34.1 Å².